The largest absolute Gasteiger partial charge is 0.363 e. The van der Waals surface area contributed by atoms with Gasteiger partial charge in [0.15, 0.2) is 0 Å². The number of primary amides is 1. The summed E-state index contributed by atoms with van der Waals surface area (Å²) in [5, 5.41) is 4.06. The molecule has 2 aromatic heterocycles. The van der Waals surface area contributed by atoms with Crippen LogP contribution in [0.25, 0.3) is 5.69 Å². The first kappa shape index (κ1) is 15.8. The Labute approximate surface area is 142 Å². The highest BCUT2D eigenvalue weighted by molar-refractivity contribution is 6.16. The highest BCUT2D eigenvalue weighted by Crippen LogP contribution is 2.19. The van der Waals surface area contributed by atoms with E-state index in [1.807, 2.05) is 0 Å². The Hall–Kier alpha value is -3.06. The SMILES string of the molecule is NC(=O)c1nc(CCl)n(-c2ccccc2C(=O)c2ccccn2)n1. The average Bonchev–Trinajstić information content (AvgIpc) is 3.06. The number of para-hydroxylation sites is 1. The molecule has 0 aliphatic carbocycles. The predicted molar refractivity (Wildman–Crippen MR) is 87.1 cm³/mol. The molecule has 24 heavy (non-hydrogen) atoms. The molecule has 0 aliphatic heterocycles. The molecule has 0 bridgehead atoms. The molecule has 0 atom stereocenters. The van der Waals surface area contributed by atoms with Crippen LogP contribution < -0.4 is 5.73 Å². The number of hydrogen-bond acceptors (Lipinski definition) is 5. The van der Waals surface area contributed by atoms with Crippen molar-refractivity contribution in [3.05, 3.63) is 71.6 Å². The zero-order chi connectivity index (χ0) is 17.1. The van der Waals surface area contributed by atoms with Crippen molar-refractivity contribution in [2.45, 2.75) is 5.88 Å². The number of carbonyl (C=O) groups is 2. The lowest BCUT2D eigenvalue weighted by Crippen LogP contribution is -2.14. The van der Waals surface area contributed by atoms with Gasteiger partial charge in [0.25, 0.3) is 5.91 Å². The molecular weight excluding hydrogens is 330 g/mol. The maximum absolute atomic E-state index is 12.7. The number of amides is 1. The van der Waals surface area contributed by atoms with Crippen LogP contribution in [0, 0.1) is 0 Å². The second kappa shape index (κ2) is 6.59. The Morgan fingerprint density at radius 3 is 2.54 bits per heavy atom. The fraction of sp³-hybridized carbons (Fsp3) is 0.0625. The number of pyridine rings is 1. The van der Waals surface area contributed by atoms with Gasteiger partial charge in [-0.05, 0) is 24.3 Å². The van der Waals surface area contributed by atoms with Crippen LogP contribution in [-0.2, 0) is 5.88 Å². The van der Waals surface area contributed by atoms with Gasteiger partial charge in [-0.1, -0.05) is 18.2 Å². The van der Waals surface area contributed by atoms with E-state index < -0.39 is 5.91 Å². The quantitative estimate of drug-likeness (QED) is 0.562. The van der Waals surface area contributed by atoms with E-state index in [-0.39, 0.29) is 17.5 Å². The van der Waals surface area contributed by atoms with Crippen LogP contribution in [0.2, 0.25) is 0 Å². The van der Waals surface area contributed by atoms with Gasteiger partial charge in [-0.25, -0.2) is 9.67 Å². The third kappa shape index (κ3) is 2.89. The van der Waals surface area contributed by atoms with Gasteiger partial charge >= 0.3 is 0 Å². The number of aromatic nitrogens is 4. The molecule has 2 heterocycles. The summed E-state index contributed by atoms with van der Waals surface area (Å²) >= 11 is 5.88. The lowest BCUT2D eigenvalue weighted by Gasteiger charge is -2.09. The highest BCUT2D eigenvalue weighted by Gasteiger charge is 2.20. The number of ketones is 1. The maximum atomic E-state index is 12.7. The minimum atomic E-state index is -0.770. The molecule has 1 aromatic carbocycles. The van der Waals surface area contributed by atoms with Gasteiger partial charge in [0.1, 0.15) is 11.5 Å². The first-order valence-electron chi connectivity index (χ1n) is 6.98. The fourth-order valence-electron chi connectivity index (χ4n) is 2.21. The number of nitrogens with two attached hydrogens (primary N) is 1. The van der Waals surface area contributed by atoms with Crippen molar-refractivity contribution in [1.82, 2.24) is 19.7 Å². The number of benzene rings is 1. The Morgan fingerprint density at radius 1 is 1.12 bits per heavy atom. The van der Waals surface area contributed by atoms with Crippen molar-refractivity contribution in [1.29, 1.82) is 0 Å². The molecule has 1 amide bonds. The Bertz CT molecular complexity index is 908. The molecule has 0 unspecified atom stereocenters. The van der Waals surface area contributed by atoms with Crippen LogP contribution in [-0.4, -0.2) is 31.4 Å². The first-order valence-corrected chi connectivity index (χ1v) is 7.52. The summed E-state index contributed by atoms with van der Waals surface area (Å²) < 4.78 is 1.35. The molecule has 2 N–H and O–H groups in total. The lowest BCUT2D eigenvalue weighted by atomic mass is 10.1. The molecular formula is C16H12ClN5O2. The molecule has 8 heteroatoms. The van der Waals surface area contributed by atoms with E-state index in [9.17, 15) is 9.59 Å². The zero-order valence-corrected chi connectivity index (χ0v) is 13.1. The van der Waals surface area contributed by atoms with E-state index in [0.717, 1.165) is 0 Å². The molecule has 0 fully saturated rings. The molecule has 0 saturated carbocycles. The first-order chi connectivity index (χ1) is 11.6. The smallest absolute Gasteiger partial charge is 0.288 e. The third-order valence-corrected chi connectivity index (χ3v) is 3.53. The van der Waals surface area contributed by atoms with Crippen molar-refractivity contribution in [2.75, 3.05) is 0 Å². The van der Waals surface area contributed by atoms with Gasteiger partial charge in [-0.2, -0.15) is 0 Å². The van der Waals surface area contributed by atoms with Crippen molar-refractivity contribution in [3.8, 4) is 5.69 Å². The van der Waals surface area contributed by atoms with Gasteiger partial charge < -0.3 is 5.73 Å². The van der Waals surface area contributed by atoms with Crippen LogP contribution in [0.5, 0.6) is 0 Å². The normalized spacial score (nSPS) is 10.5. The second-order valence-corrected chi connectivity index (χ2v) is 5.09. The van der Waals surface area contributed by atoms with E-state index in [4.69, 9.17) is 17.3 Å². The molecule has 0 radical (unpaired) electrons. The maximum Gasteiger partial charge on any atom is 0.288 e. The van der Waals surface area contributed by atoms with Crippen LogP contribution >= 0.6 is 11.6 Å². The van der Waals surface area contributed by atoms with Crippen LogP contribution in [0.1, 0.15) is 32.5 Å². The number of carbonyl (C=O) groups excluding carboxylic acids is 2. The molecule has 0 spiro atoms. The van der Waals surface area contributed by atoms with Crippen molar-refractivity contribution < 1.29 is 9.59 Å². The summed E-state index contributed by atoms with van der Waals surface area (Å²) in [4.78, 5) is 32.1. The van der Waals surface area contributed by atoms with Gasteiger partial charge in [-0.15, -0.1) is 16.7 Å². The number of halogens is 1. The van der Waals surface area contributed by atoms with E-state index in [2.05, 4.69) is 15.1 Å². The molecule has 120 valence electrons. The predicted octanol–water partition coefficient (Wildman–Crippen LogP) is 1.73. The van der Waals surface area contributed by atoms with Crippen molar-refractivity contribution in [2.24, 2.45) is 5.73 Å². The minimum Gasteiger partial charge on any atom is -0.363 e. The zero-order valence-electron chi connectivity index (χ0n) is 12.4. The van der Waals surface area contributed by atoms with E-state index >= 15 is 0 Å². The minimum absolute atomic E-state index is 0.00634. The van der Waals surface area contributed by atoms with Crippen LogP contribution in [0.4, 0.5) is 0 Å². The molecule has 3 rings (SSSR count). The molecule has 0 aliphatic rings. The third-order valence-electron chi connectivity index (χ3n) is 3.29. The number of hydrogen-bond donors (Lipinski definition) is 1. The number of alkyl halides is 1. The standard InChI is InChI=1S/C16H12ClN5O2/c17-9-13-20-16(15(18)24)21-22(13)12-7-2-1-5-10(12)14(23)11-6-3-4-8-19-11/h1-8H,9H2,(H2,18,24). The number of nitrogens with zero attached hydrogens (tertiary/aromatic N) is 4. The molecule has 3 aromatic rings. The summed E-state index contributed by atoms with van der Waals surface area (Å²) in [6.45, 7) is 0. The van der Waals surface area contributed by atoms with Crippen LogP contribution in [0.15, 0.2) is 48.7 Å². The van der Waals surface area contributed by atoms with Gasteiger partial charge in [0, 0.05) is 11.8 Å². The summed E-state index contributed by atoms with van der Waals surface area (Å²) in [7, 11) is 0. The van der Waals surface area contributed by atoms with E-state index in [1.165, 1.54) is 4.68 Å². The summed E-state index contributed by atoms with van der Waals surface area (Å²) in [6.07, 6.45) is 1.54. The highest BCUT2D eigenvalue weighted by atomic mass is 35.5. The Morgan fingerprint density at radius 2 is 1.88 bits per heavy atom. The average molecular weight is 342 g/mol. The van der Waals surface area contributed by atoms with Crippen LogP contribution in [0.3, 0.4) is 0 Å². The van der Waals surface area contributed by atoms with Crippen molar-refractivity contribution >= 4 is 23.3 Å². The van der Waals surface area contributed by atoms with E-state index in [1.54, 1.807) is 48.7 Å². The van der Waals surface area contributed by atoms with Crippen molar-refractivity contribution in [3.63, 3.8) is 0 Å². The van der Waals surface area contributed by atoms with Gasteiger partial charge in [0.05, 0.1) is 11.6 Å². The van der Waals surface area contributed by atoms with Gasteiger partial charge in [-0.3, -0.25) is 14.6 Å². The summed E-state index contributed by atoms with van der Waals surface area (Å²) in [5.74, 6) is -0.888. The number of rotatable bonds is 5. The summed E-state index contributed by atoms with van der Waals surface area (Å²) in [6, 6.07) is 11.9. The van der Waals surface area contributed by atoms with Gasteiger partial charge in [0.2, 0.25) is 11.6 Å². The monoisotopic (exact) mass is 341 g/mol. The topological polar surface area (TPSA) is 104 Å². The molecule has 0 saturated heterocycles. The Balaban J connectivity index is 2.14. The molecule has 7 nitrogen and oxygen atoms in total. The Kier molecular flexibility index (Phi) is 4.35. The van der Waals surface area contributed by atoms with E-state index in [0.29, 0.717) is 22.8 Å². The summed E-state index contributed by atoms with van der Waals surface area (Å²) in [5.41, 5.74) is 6.33. The second-order valence-electron chi connectivity index (χ2n) is 4.82. The lowest BCUT2D eigenvalue weighted by molar-refractivity contribution is 0.0989. The fourth-order valence-corrected chi connectivity index (χ4v) is 2.39.